The van der Waals surface area contributed by atoms with E-state index >= 15 is 0 Å². The summed E-state index contributed by atoms with van der Waals surface area (Å²) in [7, 11) is 1.70. The molecule has 0 spiro atoms. The van der Waals surface area contributed by atoms with Crippen molar-refractivity contribution >= 4 is 11.9 Å². The lowest BCUT2D eigenvalue weighted by atomic mass is 10.0. The van der Waals surface area contributed by atoms with Crippen molar-refractivity contribution in [3.8, 4) is 0 Å². The monoisotopic (exact) mass is 279 g/mol. The smallest absolute Gasteiger partial charge is 0.335 e. The summed E-state index contributed by atoms with van der Waals surface area (Å²) in [5.74, 6) is -1.04. The molecule has 0 atom stereocenters. The third kappa shape index (κ3) is 5.01. The van der Waals surface area contributed by atoms with E-state index in [-0.39, 0.29) is 18.1 Å². The fourth-order valence-electron chi connectivity index (χ4n) is 1.77. The van der Waals surface area contributed by atoms with Crippen LogP contribution in [0.15, 0.2) is 24.3 Å². The Morgan fingerprint density at radius 1 is 1.30 bits per heavy atom. The third-order valence-electron chi connectivity index (χ3n) is 2.96. The van der Waals surface area contributed by atoms with E-state index in [0.717, 1.165) is 12.0 Å². The molecule has 0 aliphatic carbocycles. The van der Waals surface area contributed by atoms with Gasteiger partial charge in [0.05, 0.1) is 5.56 Å². The first-order chi connectivity index (χ1) is 9.56. The van der Waals surface area contributed by atoms with E-state index in [1.165, 1.54) is 0 Å². The van der Waals surface area contributed by atoms with Crippen molar-refractivity contribution in [2.75, 3.05) is 26.8 Å². The van der Waals surface area contributed by atoms with Crippen molar-refractivity contribution in [3.63, 3.8) is 0 Å². The van der Waals surface area contributed by atoms with Crippen molar-refractivity contribution in [1.82, 2.24) is 4.90 Å². The first kappa shape index (κ1) is 16.2. The summed E-state index contributed by atoms with van der Waals surface area (Å²) in [6.07, 6.45) is 1.39. The Kier molecular flexibility index (Phi) is 6.73. The van der Waals surface area contributed by atoms with Gasteiger partial charge in [-0.15, -0.1) is 0 Å². The molecule has 0 bridgehead atoms. The zero-order valence-electron chi connectivity index (χ0n) is 12.0. The average Bonchev–Trinajstić information content (AvgIpc) is 2.45. The SMILES string of the molecule is CCCOCC(=O)N(C)CCc1ccccc1C(=O)O. The first-order valence-corrected chi connectivity index (χ1v) is 6.69. The quantitative estimate of drug-likeness (QED) is 0.737. The van der Waals surface area contributed by atoms with Crippen molar-refractivity contribution in [2.24, 2.45) is 0 Å². The van der Waals surface area contributed by atoms with E-state index in [0.29, 0.717) is 19.6 Å². The predicted octanol–water partition coefficient (Wildman–Crippen LogP) is 1.81. The molecule has 0 aromatic heterocycles. The molecule has 0 aliphatic heterocycles. The molecule has 0 saturated heterocycles. The molecule has 0 fully saturated rings. The number of likely N-dealkylation sites (N-methyl/N-ethyl adjacent to an activating group) is 1. The maximum Gasteiger partial charge on any atom is 0.335 e. The van der Waals surface area contributed by atoms with E-state index in [9.17, 15) is 9.59 Å². The van der Waals surface area contributed by atoms with E-state index in [2.05, 4.69) is 0 Å². The van der Waals surface area contributed by atoms with E-state index in [1.807, 2.05) is 6.92 Å². The highest BCUT2D eigenvalue weighted by Crippen LogP contribution is 2.10. The summed E-state index contributed by atoms with van der Waals surface area (Å²) in [6.45, 7) is 3.10. The maximum absolute atomic E-state index is 11.7. The van der Waals surface area contributed by atoms with Gasteiger partial charge >= 0.3 is 5.97 Å². The molecule has 1 amide bonds. The van der Waals surface area contributed by atoms with Gasteiger partial charge in [-0.1, -0.05) is 25.1 Å². The maximum atomic E-state index is 11.7. The van der Waals surface area contributed by atoms with Gasteiger partial charge in [0, 0.05) is 20.2 Å². The van der Waals surface area contributed by atoms with E-state index < -0.39 is 5.97 Å². The molecule has 0 aliphatic rings. The molecule has 0 radical (unpaired) electrons. The minimum absolute atomic E-state index is 0.0743. The van der Waals surface area contributed by atoms with Gasteiger partial charge in [0.15, 0.2) is 0 Å². The fraction of sp³-hybridized carbons (Fsp3) is 0.467. The van der Waals surface area contributed by atoms with Crippen LogP contribution in [0, 0.1) is 0 Å². The van der Waals surface area contributed by atoms with Crippen LogP contribution in [-0.2, 0) is 16.0 Å². The van der Waals surface area contributed by atoms with Crippen LogP contribution in [0.25, 0.3) is 0 Å². The molecule has 5 nitrogen and oxygen atoms in total. The number of carboxylic acid groups (broad SMARTS) is 1. The summed E-state index contributed by atoms with van der Waals surface area (Å²) in [4.78, 5) is 24.4. The molecule has 1 N–H and O–H groups in total. The van der Waals surface area contributed by atoms with Gasteiger partial charge in [-0.2, -0.15) is 0 Å². The second-order valence-corrected chi connectivity index (χ2v) is 4.58. The predicted molar refractivity (Wildman–Crippen MR) is 75.9 cm³/mol. The molecule has 1 aromatic rings. The molecule has 0 saturated carbocycles. The number of carboxylic acids is 1. The summed E-state index contributed by atoms with van der Waals surface area (Å²) in [6, 6.07) is 6.84. The van der Waals surface area contributed by atoms with Gasteiger partial charge in [-0.3, -0.25) is 4.79 Å². The number of ether oxygens (including phenoxy) is 1. The lowest BCUT2D eigenvalue weighted by Crippen LogP contribution is -2.32. The molecular formula is C15H21NO4. The minimum atomic E-state index is -0.944. The number of rotatable bonds is 8. The topological polar surface area (TPSA) is 66.8 Å². The van der Waals surface area contributed by atoms with Crippen molar-refractivity contribution < 1.29 is 19.4 Å². The molecule has 20 heavy (non-hydrogen) atoms. The van der Waals surface area contributed by atoms with Gasteiger partial charge in [-0.05, 0) is 24.5 Å². The van der Waals surface area contributed by atoms with Crippen LogP contribution < -0.4 is 0 Å². The summed E-state index contributed by atoms with van der Waals surface area (Å²) >= 11 is 0. The van der Waals surface area contributed by atoms with Gasteiger partial charge in [0.2, 0.25) is 5.91 Å². The Morgan fingerprint density at radius 3 is 2.65 bits per heavy atom. The molecule has 1 rings (SSSR count). The third-order valence-corrected chi connectivity index (χ3v) is 2.96. The van der Waals surface area contributed by atoms with Gasteiger partial charge in [0.25, 0.3) is 0 Å². The molecule has 5 heteroatoms. The van der Waals surface area contributed by atoms with Gasteiger partial charge in [-0.25, -0.2) is 4.79 Å². The lowest BCUT2D eigenvalue weighted by Gasteiger charge is -2.17. The summed E-state index contributed by atoms with van der Waals surface area (Å²) in [5, 5.41) is 9.08. The zero-order chi connectivity index (χ0) is 15.0. The van der Waals surface area contributed by atoms with Gasteiger partial charge in [0.1, 0.15) is 6.61 Å². The van der Waals surface area contributed by atoms with Crippen LogP contribution >= 0.6 is 0 Å². The average molecular weight is 279 g/mol. The number of hydrogen-bond acceptors (Lipinski definition) is 3. The van der Waals surface area contributed by atoms with Crippen LogP contribution in [0.5, 0.6) is 0 Å². The molecule has 0 unspecified atom stereocenters. The second-order valence-electron chi connectivity index (χ2n) is 4.58. The number of aromatic carboxylic acids is 1. The molecule has 1 aromatic carbocycles. The lowest BCUT2D eigenvalue weighted by molar-refractivity contribution is -0.134. The highest BCUT2D eigenvalue weighted by molar-refractivity contribution is 5.89. The Morgan fingerprint density at radius 2 is 2.00 bits per heavy atom. The number of hydrogen-bond donors (Lipinski definition) is 1. The Balaban J connectivity index is 2.50. The molecular weight excluding hydrogens is 258 g/mol. The standard InChI is InChI=1S/C15H21NO4/c1-3-10-20-11-14(17)16(2)9-8-12-6-4-5-7-13(12)15(18)19/h4-7H,3,8-11H2,1-2H3,(H,18,19). The summed E-state index contributed by atoms with van der Waals surface area (Å²) in [5.41, 5.74) is 1.02. The Bertz CT molecular complexity index is 459. The number of carbonyl (C=O) groups is 2. The van der Waals surface area contributed by atoms with Gasteiger partial charge < -0.3 is 14.7 Å². The first-order valence-electron chi connectivity index (χ1n) is 6.69. The van der Waals surface area contributed by atoms with Crippen LogP contribution in [0.1, 0.15) is 29.3 Å². The number of carbonyl (C=O) groups excluding carboxylic acids is 1. The number of benzene rings is 1. The summed E-state index contributed by atoms with van der Waals surface area (Å²) < 4.78 is 5.19. The van der Waals surface area contributed by atoms with Crippen LogP contribution in [0.2, 0.25) is 0 Å². The van der Waals surface area contributed by atoms with Crippen LogP contribution in [0.3, 0.4) is 0 Å². The highest BCUT2D eigenvalue weighted by Gasteiger charge is 2.12. The number of amides is 1. The van der Waals surface area contributed by atoms with E-state index in [4.69, 9.17) is 9.84 Å². The highest BCUT2D eigenvalue weighted by atomic mass is 16.5. The van der Waals surface area contributed by atoms with Crippen molar-refractivity contribution in [3.05, 3.63) is 35.4 Å². The second kappa shape index (κ2) is 8.32. The molecule has 110 valence electrons. The van der Waals surface area contributed by atoms with E-state index in [1.54, 1.807) is 36.2 Å². The Hall–Kier alpha value is -1.88. The van der Waals surface area contributed by atoms with Crippen LogP contribution in [0.4, 0.5) is 0 Å². The number of nitrogens with zero attached hydrogens (tertiary/aromatic N) is 1. The Labute approximate surface area is 119 Å². The molecule has 0 heterocycles. The van der Waals surface area contributed by atoms with Crippen molar-refractivity contribution in [2.45, 2.75) is 19.8 Å². The zero-order valence-corrected chi connectivity index (χ0v) is 12.0. The minimum Gasteiger partial charge on any atom is -0.478 e. The normalized spacial score (nSPS) is 10.3. The van der Waals surface area contributed by atoms with Crippen molar-refractivity contribution in [1.29, 1.82) is 0 Å². The van der Waals surface area contributed by atoms with Crippen LogP contribution in [-0.4, -0.2) is 48.7 Å². The largest absolute Gasteiger partial charge is 0.478 e. The fourth-order valence-corrected chi connectivity index (χ4v) is 1.77.